The summed E-state index contributed by atoms with van der Waals surface area (Å²) in [6.07, 6.45) is 3.26. The number of aryl methyl sites for hydroxylation is 1. The number of aliphatic hydroxyl groups is 1. The topological polar surface area (TPSA) is 58.0 Å². The molecule has 0 fully saturated rings. The number of aliphatic hydroxyl groups excluding tert-OH is 1. The zero-order valence-electron chi connectivity index (χ0n) is 10.6. The standard InChI is InChI=1S/C12H20FN3O/c1-4-9-10(13)11(15-8-14-9)16-12(5-2,6-3)7-17/h8,17H,4-7H2,1-3H3,(H,14,15,16). The lowest BCUT2D eigenvalue weighted by Crippen LogP contribution is -2.41. The highest BCUT2D eigenvalue weighted by Gasteiger charge is 2.27. The van der Waals surface area contributed by atoms with Gasteiger partial charge in [-0.05, 0) is 19.3 Å². The van der Waals surface area contributed by atoms with Gasteiger partial charge in [0.25, 0.3) is 0 Å². The molecule has 1 rings (SSSR count). The van der Waals surface area contributed by atoms with E-state index in [0.717, 1.165) is 0 Å². The third-order valence-electron chi connectivity index (χ3n) is 3.24. The zero-order chi connectivity index (χ0) is 12.9. The molecule has 0 aromatic carbocycles. The van der Waals surface area contributed by atoms with Gasteiger partial charge in [0.15, 0.2) is 11.6 Å². The van der Waals surface area contributed by atoms with Crippen LogP contribution < -0.4 is 5.32 Å². The van der Waals surface area contributed by atoms with Crippen LogP contribution in [0.3, 0.4) is 0 Å². The van der Waals surface area contributed by atoms with Crippen LogP contribution in [0.4, 0.5) is 10.2 Å². The molecule has 0 radical (unpaired) electrons. The van der Waals surface area contributed by atoms with Crippen molar-refractivity contribution in [3.05, 3.63) is 17.8 Å². The van der Waals surface area contributed by atoms with Crippen LogP contribution in [-0.2, 0) is 6.42 Å². The van der Waals surface area contributed by atoms with Gasteiger partial charge in [0.2, 0.25) is 0 Å². The molecule has 17 heavy (non-hydrogen) atoms. The molecule has 1 heterocycles. The van der Waals surface area contributed by atoms with Gasteiger partial charge in [-0.1, -0.05) is 20.8 Å². The lowest BCUT2D eigenvalue weighted by Gasteiger charge is -2.31. The van der Waals surface area contributed by atoms with Crippen LogP contribution in [0.5, 0.6) is 0 Å². The van der Waals surface area contributed by atoms with Crippen LogP contribution in [0.1, 0.15) is 39.3 Å². The molecule has 96 valence electrons. The van der Waals surface area contributed by atoms with E-state index in [1.807, 2.05) is 20.8 Å². The minimum atomic E-state index is -0.514. The maximum Gasteiger partial charge on any atom is 0.186 e. The summed E-state index contributed by atoms with van der Waals surface area (Å²) in [6.45, 7) is 5.69. The van der Waals surface area contributed by atoms with E-state index in [2.05, 4.69) is 15.3 Å². The molecule has 0 amide bonds. The number of aromatic nitrogens is 2. The summed E-state index contributed by atoms with van der Waals surface area (Å²) in [6, 6.07) is 0. The second-order valence-electron chi connectivity index (χ2n) is 4.11. The fourth-order valence-corrected chi connectivity index (χ4v) is 1.68. The van der Waals surface area contributed by atoms with Crippen molar-refractivity contribution in [1.82, 2.24) is 9.97 Å². The Labute approximate surface area is 101 Å². The number of nitrogens with zero attached hydrogens (tertiary/aromatic N) is 2. The first-order valence-corrected chi connectivity index (χ1v) is 6.00. The molecule has 5 heteroatoms. The van der Waals surface area contributed by atoms with E-state index in [4.69, 9.17) is 0 Å². The molecule has 0 atom stereocenters. The number of hydrogen-bond donors (Lipinski definition) is 2. The normalized spacial score (nSPS) is 11.6. The molecule has 0 saturated carbocycles. The highest BCUT2D eigenvalue weighted by Crippen LogP contribution is 2.23. The van der Waals surface area contributed by atoms with Gasteiger partial charge >= 0.3 is 0 Å². The second-order valence-corrected chi connectivity index (χ2v) is 4.11. The number of anilines is 1. The number of nitrogens with one attached hydrogen (secondary N) is 1. The van der Waals surface area contributed by atoms with Crippen molar-refractivity contribution in [2.75, 3.05) is 11.9 Å². The maximum absolute atomic E-state index is 13.9. The van der Waals surface area contributed by atoms with E-state index < -0.39 is 11.4 Å². The van der Waals surface area contributed by atoms with Crippen LogP contribution in [-0.4, -0.2) is 27.2 Å². The summed E-state index contributed by atoms with van der Waals surface area (Å²) in [5, 5.41) is 12.4. The van der Waals surface area contributed by atoms with E-state index in [9.17, 15) is 9.50 Å². The Morgan fingerprint density at radius 1 is 1.29 bits per heavy atom. The summed E-state index contributed by atoms with van der Waals surface area (Å²) in [4.78, 5) is 7.78. The van der Waals surface area contributed by atoms with Gasteiger partial charge in [-0.3, -0.25) is 0 Å². The Morgan fingerprint density at radius 2 is 1.94 bits per heavy atom. The Hall–Kier alpha value is -1.23. The lowest BCUT2D eigenvalue weighted by atomic mass is 9.94. The molecular weight excluding hydrogens is 221 g/mol. The van der Waals surface area contributed by atoms with Crippen molar-refractivity contribution >= 4 is 5.82 Å². The molecule has 0 aliphatic rings. The van der Waals surface area contributed by atoms with Gasteiger partial charge in [0.05, 0.1) is 17.8 Å². The average molecular weight is 241 g/mol. The average Bonchev–Trinajstić information content (AvgIpc) is 2.38. The van der Waals surface area contributed by atoms with Crippen LogP contribution in [0.25, 0.3) is 0 Å². The molecule has 0 aliphatic carbocycles. The van der Waals surface area contributed by atoms with Crippen molar-refractivity contribution in [2.45, 2.75) is 45.6 Å². The van der Waals surface area contributed by atoms with Gasteiger partial charge < -0.3 is 10.4 Å². The van der Waals surface area contributed by atoms with Gasteiger partial charge in [0, 0.05) is 0 Å². The first-order chi connectivity index (χ1) is 8.12. The fourth-order valence-electron chi connectivity index (χ4n) is 1.68. The Morgan fingerprint density at radius 3 is 2.41 bits per heavy atom. The number of hydrogen-bond acceptors (Lipinski definition) is 4. The van der Waals surface area contributed by atoms with E-state index in [1.54, 1.807) is 0 Å². The first kappa shape index (κ1) is 13.8. The molecule has 0 spiro atoms. The molecule has 0 aliphatic heterocycles. The predicted octanol–water partition coefficient (Wildman–Crippen LogP) is 2.14. The zero-order valence-corrected chi connectivity index (χ0v) is 10.6. The predicted molar refractivity (Wildman–Crippen MR) is 65.4 cm³/mol. The van der Waals surface area contributed by atoms with E-state index in [0.29, 0.717) is 25.0 Å². The molecule has 1 aromatic rings. The summed E-state index contributed by atoms with van der Waals surface area (Å²) in [7, 11) is 0. The molecule has 0 saturated heterocycles. The third-order valence-corrected chi connectivity index (χ3v) is 3.24. The van der Waals surface area contributed by atoms with Crippen LogP contribution in [0.15, 0.2) is 6.33 Å². The van der Waals surface area contributed by atoms with Gasteiger partial charge in [-0.25, -0.2) is 14.4 Å². The molecule has 0 bridgehead atoms. The molecular formula is C12H20FN3O. The minimum Gasteiger partial charge on any atom is -0.394 e. The number of halogens is 1. The SMILES string of the molecule is CCc1ncnc(NC(CC)(CC)CO)c1F. The van der Waals surface area contributed by atoms with E-state index >= 15 is 0 Å². The molecule has 0 unspecified atom stereocenters. The Bertz CT molecular complexity index is 359. The van der Waals surface area contributed by atoms with Crippen molar-refractivity contribution in [3.8, 4) is 0 Å². The third kappa shape index (κ3) is 2.91. The Kier molecular flexibility index (Phi) is 4.81. The lowest BCUT2D eigenvalue weighted by molar-refractivity contribution is 0.201. The molecule has 1 aromatic heterocycles. The highest BCUT2D eigenvalue weighted by molar-refractivity contribution is 5.40. The second kappa shape index (κ2) is 5.91. The van der Waals surface area contributed by atoms with Crippen molar-refractivity contribution in [3.63, 3.8) is 0 Å². The first-order valence-electron chi connectivity index (χ1n) is 6.00. The summed E-state index contributed by atoms with van der Waals surface area (Å²) in [5.41, 5.74) is -0.123. The van der Waals surface area contributed by atoms with Crippen molar-refractivity contribution < 1.29 is 9.50 Å². The Balaban J connectivity index is 3.01. The smallest absolute Gasteiger partial charge is 0.186 e. The van der Waals surface area contributed by atoms with E-state index in [1.165, 1.54) is 6.33 Å². The number of rotatable bonds is 6. The van der Waals surface area contributed by atoms with Gasteiger partial charge in [0.1, 0.15) is 6.33 Å². The van der Waals surface area contributed by atoms with Crippen LogP contribution in [0.2, 0.25) is 0 Å². The van der Waals surface area contributed by atoms with Gasteiger partial charge in [-0.2, -0.15) is 0 Å². The quantitative estimate of drug-likeness (QED) is 0.801. The van der Waals surface area contributed by atoms with Crippen LogP contribution >= 0.6 is 0 Å². The molecule has 4 nitrogen and oxygen atoms in total. The summed E-state index contributed by atoms with van der Waals surface area (Å²) < 4.78 is 13.9. The monoisotopic (exact) mass is 241 g/mol. The molecule has 2 N–H and O–H groups in total. The summed E-state index contributed by atoms with van der Waals surface area (Å²) in [5.74, 6) is -0.246. The summed E-state index contributed by atoms with van der Waals surface area (Å²) >= 11 is 0. The largest absolute Gasteiger partial charge is 0.394 e. The van der Waals surface area contributed by atoms with Crippen molar-refractivity contribution in [2.24, 2.45) is 0 Å². The highest BCUT2D eigenvalue weighted by atomic mass is 19.1. The fraction of sp³-hybridized carbons (Fsp3) is 0.667. The van der Waals surface area contributed by atoms with Crippen molar-refractivity contribution in [1.29, 1.82) is 0 Å². The van der Waals surface area contributed by atoms with Crippen LogP contribution in [0, 0.1) is 5.82 Å². The minimum absolute atomic E-state index is 0.0507. The maximum atomic E-state index is 13.9. The van der Waals surface area contributed by atoms with E-state index in [-0.39, 0.29) is 12.4 Å². The van der Waals surface area contributed by atoms with Gasteiger partial charge in [-0.15, -0.1) is 0 Å².